The first-order valence-electron chi connectivity index (χ1n) is 10.3. The lowest BCUT2D eigenvalue weighted by atomic mass is 9.96. The maximum Gasteiger partial charge on any atom is 0.329 e. The van der Waals surface area contributed by atoms with E-state index in [1.54, 1.807) is 0 Å². The van der Waals surface area contributed by atoms with Gasteiger partial charge >= 0.3 is 5.97 Å². The van der Waals surface area contributed by atoms with Crippen molar-refractivity contribution in [2.45, 2.75) is 6.04 Å². The van der Waals surface area contributed by atoms with Crippen molar-refractivity contribution in [2.75, 3.05) is 59.2 Å². The van der Waals surface area contributed by atoms with Crippen molar-refractivity contribution >= 4 is 30.0 Å². The minimum atomic E-state index is -0.958. The maximum atomic E-state index is 10.4. The number of hydrogen-bond acceptors (Lipinski definition) is 5. The summed E-state index contributed by atoms with van der Waals surface area (Å²) in [5.74, 6) is -0.958. The van der Waals surface area contributed by atoms with E-state index in [-0.39, 0.29) is 25.1 Å². The number of carboxylic acid groups (broad SMARTS) is 1. The monoisotopic (exact) mass is 468 g/mol. The molecule has 0 saturated carbocycles. The lowest BCUT2D eigenvalue weighted by molar-refractivity contribution is -0.142. The van der Waals surface area contributed by atoms with Gasteiger partial charge in [0.1, 0.15) is 6.61 Å². The number of carboxylic acids is 1. The van der Waals surface area contributed by atoms with Gasteiger partial charge in [0.2, 0.25) is 0 Å². The topological polar surface area (TPSA) is 62.2 Å². The summed E-state index contributed by atoms with van der Waals surface area (Å²) in [4.78, 5) is 15.3. The van der Waals surface area contributed by atoms with E-state index in [2.05, 4.69) is 46.2 Å². The van der Waals surface area contributed by atoms with Gasteiger partial charge < -0.3 is 14.6 Å². The van der Waals surface area contributed by atoms with Gasteiger partial charge in [-0.05, 0) is 23.3 Å². The van der Waals surface area contributed by atoms with Crippen LogP contribution in [0.25, 0.3) is 0 Å². The predicted molar refractivity (Wildman–Crippen MR) is 124 cm³/mol. The minimum absolute atomic E-state index is 0. The molecule has 0 radical (unpaired) electrons. The van der Waals surface area contributed by atoms with Gasteiger partial charge in [-0.25, -0.2) is 4.79 Å². The van der Waals surface area contributed by atoms with Crippen LogP contribution in [0.4, 0.5) is 0 Å². The highest BCUT2D eigenvalue weighted by Crippen LogP contribution is 2.30. The van der Waals surface area contributed by atoms with Gasteiger partial charge in [0.15, 0.2) is 0 Å². The molecule has 1 unspecified atom stereocenters. The lowest BCUT2D eigenvalue weighted by Gasteiger charge is -2.39. The van der Waals surface area contributed by atoms with Gasteiger partial charge in [-0.3, -0.25) is 9.80 Å². The Bertz CT molecular complexity index is 769. The van der Waals surface area contributed by atoms with E-state index in [1.807, 2.05) is 18.2 Å². The number of aliphatic carboxylic acids is 1. The SMILES string of the molecule is Cl.O=C(O)COCCOCCN1CCN(C(c2ccccc2)c2ccc(Cl)cc2)CC1. The second kappa shape index (κ2) is 13.7. The van der Waals surface area contributed by atoms with Crippen molar-refractivity contribution in [3.63, 3.8) is 0 Å². The molecule has 1 aliphatic heterocycles. The van der Waals surface area contributed by atoms with Gasteiger partial charge in [-0.15, -0.1) is 12.4 Å². The smallest absolute Gasteiger partial charge is 0.329 e. The van der Waals surface area contributed by atoms with Gasteiger partial charge in [-0.1, -0.05) is 54.1 Å². The van der Waals surface area contributed by atoms with E-state index < -0.39 is 5.97 Å². The first-order valence-corrected chi connectivity index (χ1v) is 10.7. The molecule has 1 saturated heterocycles. The number of rotatable bonds is 11. The first-order chi connectivity index (χ1) is 14.6. The van der Waals surface area contributed by atoms with E-state index in [1.165, 1.54) is 11.1 Å². The molecule has 2 aromatic rings. The molecule has 1 fully saturated rings. The number of halogens is 2. The van der Waals surface area contributed by atoms with Crippen molar-refractivity contribution in [1.29, 1.82) is 0 Å². The Morgan fingerprint density at radius 1 is 0.903 bits per heavy atom. The van der Waals surface area contributed by atoms with Crippen LogP contribution in [0.2, 0.25) is 5.02 Å². The number of piperazine rings is 1. The van der Waals surface area contributed by atoms with Crippen LogP contribution in [0.3, 0.4) is 0 Å². The average Bonchev–Trinajstić information content (AvgIpc) is 2.76. The van der Waals surface area contributed by atoms with E-state index in [4.69, 9.17) is 26.2 Å². The van der Waals surface area contributed by atoms with Crippen LogP contribution in [0, 0.1) is 0 Å². The summed E-state index contributed by atoms with van der Waals surface area (Å²) >= 11 is 6.10. The predicted octanol–water partition coefficient (Wildman–Crippen LogP) is 3.59. The molecular weight excluding hydrogens is 439 g/mol. The Kier molecular flexibility index (Phi) is 11.3. The molecule has 1 N–H and O–H groups in total. The zero-order valence-corrected chi connectivity index (χ0v) is 19.1. The van der Waals surface area contributed by atoms with Crippen molar-refractivity contribution in [1.82, 2.24) is 9.80 Å². The Hall–Kier alpha value is -1.67. The van der Waals surface area contributed by atoms with Gasteiger partial charge in [0, 0.05) is 37.7 Å². The number of benzene rings is 2. The highest BCUT2D eigenvalue weighted by Gasteiger charge is 2.26. The van der Waals surface area contributed by atoms with Crippen LogP contribution in [-0.2, 0) is 14.3 Å². The molecule has 0 spiro atoms. The molecule has 170 valence electrons. The molecule has 1 atom stereocenters. The van der Waals surface area contributed by atoms with Crippen LogP contribution >= 0.6 is 24.0 Å². The molecule has 0 amide bonds. The molecule has 8 heteroatoms. The van der Waals surface area contributed by atoms with Crippen molar-refractivity contribution < 1.29 is 19.4 Å². The summed E-state index contributed by atoms with van der Waals surface area (Å²) in [7, 11) is 0. The Morgan fingerprint density at radius 2 is 1.52 bits per heavy atom. The zero-order valence-electron chi connectivity index (χ0n) is 17.5. The van der Waals surface area contributed by atoms with Crippen LogP contribution in [0.1, 0.15) is 17.2 Å². The Labute approximate surface area is 195 Å². The fraction of sp³-hybridized carbons (Fsp3) is 0.435. The molecule has 31 heavy (non-hydrogen) atoms. The highest BCUT2D eigenvalue weighted by atomic mass is 35.5. The van der Waals surface area contributed by atoms with E-state index in [0.717, 1.165) is 37.7 Å². The minimum Gasteiger partial charge on any atom is -0.480 e. The fourth-order valence-electron chi connectivity index (χ4n) is 3.71. The molecule has 2 aromatic carbocycles. The number of carbonyl (C=O) groups is 1. The van der Waals surface area contributed by atoms with Crippen molar-refractivity contribution in [2.24, 2.45) is 0 Å². The number of nitrogens with zero attached hydrogens (tertiary/aromatic N) is 2. The first kappa shape index (κ1) is 25.6. The summed E-state index contributed by atoms with van der Waals surface area (Å²) in [6.07, 6.45) is 0. The molecule has 1 aliphatic rings. The molecular formula is C23H30Cl2N2O4. The second-order valence-corrected chi connectivity index (χ2v) is 7.74. The van der Waals surface area contributed by atoms with Gasteiger partial charge in [0.05, 0.1) is 25.9 Å². The highest BCUT2D eigenvalue weighted by molar-refractivity contribution is 6.30. The summed E-state index contributed by atoms with van der Waals surface area (Å²) in [5.41, 5.74) is 2.54. The number of ether oxygens (including phenoxy) is 2. The summed E-state index contributed by atoms with van der Waals surface area (Å²) in [6.45, 7) is 5.85. The van der Waals surface area contributed by atoms with Crippen molar-refractivity contribution in [3.8, 4) is 0 Å². The second-order valence-electron chi connectivity index (χ2n) is 7.30. The number of hydrogen-bond donors (Lipinski definition) is 1. The standard InChI is InChI=1S/C23H29ClN2O4.ClH/c24-21-8-6-20(7-9-21)23(19-4-2-1-3-5-19)26-12-10-25(11-13-26)14-15-29-16-17-30-18-22(27)28;/h1-9,23H,10-18H2,(H,27,28);1H. The van der Waals surface area contributed by atoms with E-state index >= 15 is 0 Å². The Balaban J connectivity index is 0.00000341. The third-order valence-corrected chi connectivity index (χ3v) is 5.47. The Morgan fingerprint density at radius 3 is 2.16 bits per heavy atom. The summed E-state index contributed by atoms with van der Waals surface area (Å²) in [5, 5.41) is 9.28. The van der Waals surface area contributed by atoms with Crippen LogP contribution in [-0.4, -0.2) is 80.0 Å². The van der Waals surface area contributed by atoms with Crippen molar-refractivity contribution in [3.05, 3.63) is 70.7 Å². The quantitative estimate of drug-likeness (QED) is 0.508. The van der Waals surface area contributed by atoms with Gasteiger partial charge in [-0.2, -0.15) is 0 Å². The van der Waals surface area contributed by atoms with Gasteiger partial charge in [0.25, 0.3) is 0 Å². The molecule has 0 aliphatic carbocycles. The third kappa shape index (κ3) is 8.41. The molecule has 3 rings (SSSR count). The molecule has 6 nitrogen and oxygen atoms in total. The van der Waals surface area contributed by atoms with Crippen LogP contribution in [0.5, 0.6) is 0 Å². The normalized spacial score (nSPS) is 15.9. The van der Waals surface area contributed by atoms with Crippen LogP contribution in [0.15, 0.2) is 54.6 Å². The van der Waals surface area contributed by atoms with E-state index in [0.29, 0.717) is 19.8 Å². The summed E-state index contributed by atoms with van der Waals surface area (Å²) in [6, 6.07) is 19.0. The zero-order chi connectivity index (χ0) is 21.2. The third-order valence-electron chi connectivity index (χ3n) is 5.22. The summed E-state index contributed by atoms with van der Waals surface area (Å²) < 4.78 is 10.5. The van der Waals surface area contributed by atoms with E-state index in [9.17, 15) is 4.79 Å². The molecule has 0 bridgehead atoms. The molecule has 1 heterocycles. The lowest BCUT2D eigenvalue weighted by Crippen LogP contribution is -2.48. The fourth-order valence-corrected chi connectivity index (χ4v) is 3.84. The maximum absolute atomic E-state index is 10.4. The van der Waals surface area contributed by atoms with Crippen LogP contribution < -0.4 is 0 Å². The average molecular weight is 469 g/mol. The largest absolute Gasteiger partial charge is 0.480 e. The molecule has 0 aromatic heterocycles.